The number of hydrogen-bond acceptors (Lipinski definition) is 4. The summed E-state index contributed by atoms with van der Waals surface area (Å²) in [5.74, 6) is 5.65. The van der Waals surface area contributed by atoms with Crippen LogP contribution in [0.3, 0.4) is 0 Å². The first-order chi connectivity index (χ1) is 7.66. The minimum atomic E-state index is -0.203. The molecule has 0 saturated carbocycles. The van der Waals surface area contributed by atoms with Crippen LogP contribution in [0.4, 0.5) is 0 Å². The van der Waals surface area contributed by atoms with Crippen LogP contribution in [0, 0.1) is 0 Å². The molecule has 2 atom stereocenters. The largest absolute Gasteiger partial charge is 0.374 e. The molecular weight excluding hydrogens is 220 g/mol. The van der Waals surface area contributed by atoms with E-state index in [2.05, 4.69) is 36.1 Å². The fraction of sp³-hybridized carbons (Fsp3) is 0.667. The van der Waals surface area contributed by atoms with Crippen molar-refractivity contribution < 1.29 is 4.74 Å². The van der Waals surface area contributed by atoms with E-state index in [1.807, 2.05) is 6.92 Å². The van der Waals surface area contributed by atoms with Gasteiger partial charge in [-0.1, -0.05) is 6.92 Å². The Morgan fingerprint density at radius 2 is 2.31 bits per heavy atom. The number of rotatable bonds is 7. The second-order valence-corrected chi connectivity index (χ2v) is 4.93. The summed E-state index contributed by atoms with van der Waals surface area (Å²) in [5, 5.41) is 4.25. The lowest BCUT2D eigenvalue weighted by Crippen LogP contribution is -2.54. The van der Waals surface area contributed by atoms with Gasteiger partial charge in [0.1, 0.15) is 0 Å². The number of thiophene rings is 1. The van der Waals surface area contributed by atoms with Crippen molar-refractivity contribution >= 4 is 11.3 Å². The fourth-order valence-electron chi connectivity index (χ4n) is 1.87. The van der Waals surface area contributed by atoms with Gasteiger partial charge < -0.3 is 4.74 Å². The minimum Gasteiger partial charge on any atom is -0.374 e. The van der Waals surface area contributed by atoms with Crippen molar-refractivity contribution in [2.75, 3.05) is 6.61 Å². The minimum absolute atomic E-state index is 0.145. The molecular formula is C12H22N2OS. The lowest BCUT2D eigenvalue weighted by atomic mass is 9.89. The zero-order valence-electron chi connectivity index (χ0n) is 10.3. The van der Waals surface area contributed by atoms with Crippen molar-refractivity contribution in [3.05, 3.63) is 22.4 Å². The van der Waals surface area contributed by atoms with E-state index in [0.717, 1.165) is 12.8 Å². The molecule has 0 aliphatic heterocycles. The molecule has 1 heterocycles. The van der Waals surface area contributed by atoms with Gasteiger partial charge in [0.15, 0.2) is 0 Å². The number of hydrazine groups is 1. The van der Waals surface area contributed by atoms with E-state index < -0.39 is 0 Å². The molecule has 2 unspecified atom stereocenters. The van der Waals surface area contributed by atoms with E-state index in [4.69, 9.17) is 10.6 Å². The first-order valence-electron chi connectivity index (χ1n) is 5.77. The summed E-state index contributed by atoms with van der Waals surface area (Å²) in [6.07, 6.45) is 1.85. The molecule has 1 aromatic rings. The first-order valence-corrected chi connectivity index (χ1v) is 6.71. The topological polar surface area (TPSA) is 47.3 Å². The Balaban J connectivity index is 2.71. The highest BCUT2D eigenvalue weighted by Gasteiger charge is 2.32. The molecule has 0 bridgehead atoms. The second-order valence-electron chi connectivity index (χ2n) is 4.15. The molecule has 16 heavy (non-hydrogen) atoms. The summed E-state index contributed by atoms with van der Waals surface area (Å²) in [6.45, 7) is 6.99. The monoisotopic (exact) mass is 242 g/mol. The SMILES string of the molecule is CCOC(C)(CC)C(Cc1ccsc1)NN. The van der Waals surface area contributed by atoms with Gasteiger partial charge in [-0.3, -0.25) is 11.3 Å². The van der Waals surface area contributed by atoms with Crippen molar-refractivity contribution in [1.29, 1.82) is 0 Å². The molecule has 0 spiro atoms. The molecule has 3 nitrogen and oxygen atoms in total. The van der Waals surface area contributed by atoms with Crippen molar-refractivity contribution in [3.8, 4) is 0 Å². The quantitative estimate of drug-likeness (QED) is 0.570. The maximum absolute atomic E-state index is 5.84. The molecule has 1 rings (SSSR count). The molecule has 3 N–H and O–H groups in total. The van der Waals surface area contributed by atoms with Gasteiger partial charge in [0.25, 0.3) is 0 Å². The molecule has 0 radical (unpaired) electrons. The van der Waals surface area contributed by atoms with Crippen LogP contribution < -0.4 is 11.3 Å². The maximum Gasteiger partial charge on any atom is 0.0820 e. The smallest absolute Gasteiger partial charge is 0.0820 e. The van der Waals surface area contributed by atoms with E-state index in [0.29, 0.717) is 6.61 Å². The Morgan fingerprint density at radius 3 is 2.75 bits per heavy atom. The average Bonchev–Trinajstić information content (AvgIpc) is 2.78. The van der Waals surface area contributed by atoms with Crippen LogP contribution in [0.15, 0.2) is 16.8 Å². The van der Waals surface area contributed by atoms with Gasteiger partial charge in [0.05, 0.1) is 11.6 Å². The van der Waals surface area contributed by atoms with E-state index in [9.17, 15) is 0 Å². The zero-order valence-corrected chi connectivity index (χ0v) is 11.1. The molecule has 0 fully saturated rings. The third-order valence-electron chi connectivity index (χ3n) is 3.13. The Kier molecular flexibility index (Phi) is 5.41. The molecule has 92 valence electrons. The molecule has 0 aromatic carbocycles. The predicted molar refractivity (Wildman–Crippen MR) is 69.5 cm³/mol. The summed E-state index contributed by atoms with van der Waals surface area (Å²) in [7, 11) is 0. The van der Waals surface area contributed by atoms with Crippen molar-refractivity contribution in [2.45, 2.75) is 45.3 Å². The highest BCUT2D eigenvalue weighted by atomic mass is 32.1. The van der Waals surface area contributed by atoms with Crippen LogP contribution in [-0.4, -0.2) is 18.2 Å². The van der Waals surface area contributed by atoms with E-state index in [1.165, 1.54) is 5.56 Å². The Labute approximate surface area is 102 Å². The van der Waals surface area contributed by atoms with Crippen molar-refractivity contribution in [3.63, 3.8) is 0 Å². The third-order valence-corrected chi connectivity index (χ3v) is 3.87. The van der Waals surface area contributed by atoms with E-state index in [-0.39, 0.29) is 11.6 Å². The summed E-state index contributed by atoms with van der Waals surface area (Å²) in [4.78, 5) is 0. The maximum atomic E-state index is 5.84. The van der Waals surface area contributed by atoms with Crippen molar-refractivity contribution in [2.24, 2.45) is 5.84 Å². The van der Waals surface area contributed by atoms with Gasteiger partial charge in [-0.15, -0.1) is 0 Å². The van der Waals surface area contributed by atoms with Crippen LogP contribution >= 0.6 is 11.3 Å². The lowest BCUT2D eigenvalue weighted by Gasteiger charge is -2.36. The number of nitrogens with one attached hydrogen (secondary N) is 1. The third kappa shape index (κ3) is 3.28. The molecule has 4 heteroatoms. The van der Waals surface area contributed by atoms with Gasteiger partial charge in [0, 0.05) is 6.61 Å². The number of ether oxygens (including phenoxy) is 1. The predicted octanol–water partition coefficient (Wildman–Crippen LogP) is 2.33. The molecule has 0 aliphatic carbocycles. The van der Waals surface area contributed by atoms with E-state index in [1.54, 1.807) is 11.3 Å². The summed E-state index contributed by atoms with van der Waals surface area (Å²) < 4.78 is 5.84. The zero-order chi connectivity index (χ0) is 12.0. The van der Waals surface area contributed by atoms with Crippen LogP contribution in [0.25, 0.3) is 0 Å². The highest BCUT2D eigenvalue weighted by molar-refractivity contribution is 7.07. The van der Waals surface area contributed by atoms with Crippen LogP contribution in [-0.2, 0) is 11.2 Å². The summed E-state index contributed by atoms with van der Waals surface area (Å²) in [5.41, 5.74) is 4.01. The van der Waals surface area contributed by atoms with Gasteiger partial charge in [-0.05, 0) is 49.1 Å². The van der Waals surface area contributed by atoms with Gasteiger partial charge in [-0.2, -0.15) is 11.3 Å². The fourth-order valence-corrected chi connectivity index (χ4v) is 2.56. The summed E-state index contributed by atoms with van der Waals surface area (Å²) in [6, 6.07) is 2.28. The molecule has 0 amide bonds. The Bertz CT molecular complexity index is 289. The average molecular weight is 242 g/mol. The highest BCUT2D eigenvalue weighted by Crippen LogP contribution is 2.23. The van der Waals surface area contributed by atoms with Gasteiger partial charge in [-0.25, -0.2) is 0 Å². The normalized spacial score (nSPS) is 17.0. The Hall–Kier alpha value is -0.420. The summed E-state index contributed by atoms with van der Waals surface area (Å²) >= 11 is 1.71. The van der Waals surface area contributed by atoms with E-state index >= 15 is 0 Å². The standard InChI is InChI=1S/C12H22N2OS/c1-4-12(3,15-5-2)11(14-13)8-10-6-7-16-9-10/h6-7,9,11,14H,4-5,8,13H2,1-3H3. The molecule has 0 saturated heterocycles. The lowest BCUT2D eigenvalue weighted by molar-refractivity contribution is -0.0550. The van der Waals surface area contributed by atoms with Crippen LogP contribution in [0.2, 0.25) is 0 Å². The Morgan fingerprint density at radius 1 is 1.56 bits per heavy atom. The second kappa shape index (κ2) is 6.35. The van der Waals surface area contributed by atoms with Crippen molar-refractivity contribution in [1.82, 2.24) is 5.43 Å². The van der Waals surface area contributed by atoms with Crippen LogP contribution in [0.1, 0.15) is 32.8 Å². The molecule has 0 aliphatic rings. The molecule has 1 aromatic heterocycles. The van der Waals surface area contributed by atoms with Crippen LogP contribution in [0.5, 0.6) is 0 Å². The number of hydrogen-bond donors (Lipinski definition) is 2. The van der Waals surface area contributed by atoms with Gasteiger partial charge in [0.2, 0.25) is 0 Å². The number of nitrogens with two attached hydrogens (primary N) is 1. The van der Waals surface area contributed by atoms with Gasteiger partial charge >= 0.3 is 0 Å². The first kappa shape index (κ1) is 13.6.